The molecule has 2 aromatic carbocycles. The van der Waals surface area contributed by atoms with E-state index in [-0.39, 0.29) is 19.0 Å². The summed E-state index contributed by atoms with van der Waals surface area (Å²) < 4.78 is 25.1. The van der Waals surface area contributed by atoms with Crippen LogP contribution in [0.4, 0.5) is 10.1 Å². The highest BCUT2D eigenvalue weighted by molar-refractivity contribution is 9.10. The lowest BCUT2D eigenvalue weighted by atomic mass is 9.94. The summed E-state index contributed by atoms with van der Waals surface area (Å²) in [6, 6.07) is 10.3. The van der Waals surface area contributed by atoms with Gasteiger partial charge in [-0.2, -0.15) is 0 Å². The molecule has 176 valence electrons. The predicted octanol–water partition coefficient (Wildman–Crippen LogP) is 5.37. The molecule has 2 aliphatic rings. The molecule has 0 fully saturated rings. The first kappa shape index (κ1) is 24.0. The number of thioether (sulfide) groups is 1. The summed E-state index contributed by atoms with van der Waals surface area (Å²) in [6.07, 6.45) is 1.85. The van der Waals surface area contributed by atoms with Crippen molar-refractivity contribution in [2.45, 2.75) is 19.9 Å². The number of fused-ring (bicyclic) bond motifs is 1. The van der Waals surface area contributed by atoms with Gasteiger partial charge in [-0.3, -0.25) is 4.79 Å². The number of rotatable bonds is 7. The van der Waals surface area contributed by atoms with Crippen molar-refractivity contribution in [2.24, 2.45) is 4.99 Å². The number of benzene rings is 2. The van der Waals surface area contributed by atoms with Gasteiger partial charge in [0.25, 0.3) is 5.91 Å². The number of carbonyl (C=O) groups is 2. The molecule has 0 saturated carbocycles. The minimum Gasteiger partial charge on any atom is -0.483 e. The summed E-state index contributed by atoms with van der Waals surface area (Å²) in [6.45, 7) is 3.48. The largest absolute Gasteiger partial charge is 0.483 e. The van der Waals surface area contributed by atoms with E-state index >= 15 is 0 Å². The first-order valence-corrected chi connectivity index (χ1v) is 12.1. The maximum absolute atomic E-state index is 13.1. The highest BCUT2D eigenvalue weighted by Gasteiger charge is 2.39. The zero-order chi connectivity index (χ0) is 24.2. The van der Waals surface area contributed by atoms with Crippen molar-refractivity contribution in [2.75, 3.05) is 18.5 Å². The van der Waals surface area contributed by atoms with E-state index in [9.17, 15) is 14.0 Å². The van der Waals surface area contributed by atoms with E-state index in [0.717, 1.165) is 9.64 Å². The molecule has 0 aromatic heterocycles. The number of nitrogens with zero attached hydrogens (tertiary/aromatic N) is 2. The quantitative estimate of drug-likeness (QED) is 0.471. The highest BCUT2D eigenvalue weighted by atomic mass is 79.9. The number of hydrogen-bond acceptors (Lipinski definition) is 7. The zero-order valence-electron chi connectivity index (χ0n) is 18.4. The first-order chi connectivity index (χ1) is 16.4. The molecule has 0 bridgehead atoms. The van der Waals surface area contributed by atoms with Gasteiger partial charge in [-0.05, 0) is 61.7 Å². The molecule has 2 aliphatic heterocycles. The van der Waals surface area contributed by atoms with E-state index in [2.05, 4.69) is 26.2 Å². The number of hydrogen-bond donors (Lipinski definition) is 1. The maximum atomic E-state index is 13.1. The zero-order valence-corrected chi connectivity index (χ0v) is 20.8. The minimum atomic E-state index is -0.551. The predicted molar refractivity (Wildman–Crippen MR) is 133 cm³/mol. The smallest absolute Gasteiger partial charge is 0.338 e. The van der Waals surface area contributed by atoms with Crippen LogP contribution in [-0.4, -0.2) is 35.2 Å². The van der Waals surface area contributed by atoms with Gasteiger partial charge in [0, 0.05) is 21.9 Å². The van der Waals surface area contributed by atoms with Crippen LogP contribution in [0, 0.1) is 5.82 Å². The molecule has 7 nitrogen and oxygen atoms in total. The summed E-state index contributed by atoms with van der Waals surface area (Å²) in [4.78, 5) is 31.8. The van der Waals surface area contributed by atoms with Crippen LogP contribution < -0.4 is 10.1 Å². The molecule has 4 rings (SSSR count). The van der Waals surface area contributed by atoms with Gasteiger partial charge in [0.1, 0.15) is 11.6 Å². The summed E-state index contributed by atoms with van der Waals surface area (Å²) >= 11 is 4.95. The molecule has 0 unspecified atom stereocenters. The highest BCUT2D eigenvalue weighted by Crippen LogP contribution is 2.44. The molecule has 0 aliphatic carbocycles. The second kappa shape index (κ2) is 10.4. The Morgan fingerprint density at radius 3 is 2.74 bits per heavy atom. The van der Waals surface area contributed by atoms with Crippen LogP contribution in [0.25, 0.3) is 0 Å². The van der Waals surface area contributed by atoms with Gasteiger partial charge < -0.3 is 19.7 Å². The summed E-state index contributed by atoms with van der Waals surface area (Å²) in [7, 11) is 0. The topological polar surface area (TPSA) is 80.2 Å². The van der Waals surface area contributed by atoms with Gasteiger partial charge in [-0.15, -0.1) is 0 Å². The first-order valence-electron chi connectivity index (χ1n) is 10.4. The Morgan fingerprint density at radius 1 is 1.24 bits per heavy atom. The molecule has 10 heteroatoms. The molecule has 0 radical (unpaired) electrons. The van der Waals surface area contributed by atoms with Crippen LogP contribution in [-0.2, 0) is 14.3 Å². The number of amidine groups is 1. The molecule has 34 heavy (non-hydrogen) atoms. The molecule has 2 heterocycles. The van der Waals surface area contributed by atoms with Crippen molar-refractivity contribution in [3.63, 3.8) is 0 Å². The van der Waals surface area contributed by atoms with Crippen molar-refractivity contribution in [1.82, 2.24) is 4.90 Å². The van der Waals surface area contributed by atoms with Crippen LogP contribution in [0.15, 0.2) is 74.8 Å². The van der Waals surface area contributed by atoms with Crippen LogP contribution >= 0.6 is 27.7 Å². The van der Waals surface area contributed by atoms with Gasteiger partial charge in [0.05, 0.1) is 23.9 Å². The van der Waals surface area contributed by atoms with Crippen LogP contribution in [0.2, 0.25) is 0 Å². The Morgan fingerprint density at radius 2 is 2.00 bits per heavy atom. The van der Waals surface area contributed by atoms with Crippen molar-refractivity contribution < 1.29 is 23.5 Å². The SMILES string of the molecule is CCOC(=O)C1=C(C)N=C2SC=CN2[C@H]1c1cc(Br)ccc1OCC(=O)Nc1ccc(F)cc1. The summed E-state index contributed by atoms with van der Waals surface area (Å²) in [5, 5.41) is 5.29. The number of anilines is 1. The molecule has 1 atom stereocenters. The van der Waals surface area contributed by atoms with Gasteiger partial charge in [-0.25, -0.2) is 14.2 Å². The van der Waals surface area contributed by atoms with Crippen molar-refractivity contribution in [1.29, 1.82) is 0 Å². The van der Waals surface area contributed by atoms with Gasteiger partial charge in [-0.1, -0.05) is 27.7 Å². The Kier molecular flexibility index (Phi) is 7.38. The average Bonchev–Trinajstić information content (AvgIpc) is 3.27. The van der Waals surface area contributed by atoms with Crippen molar-refractivity contribution in [3.05, 3.63) is 81.2 Å². The molecule has 0 saturated heterocycles. The molecular weight excluding hydrogens is 525 g/mol. The number of halogens is 2. The second-order valence-corrected chi connectivity index (χ2v) is 9.14. The Bertz CT molecular complexity index is 1210. The minimum absolute atomic E-state index is 0.231. The third-order valence-electron chi connectivity index (χ3n) is 5.07. The standard InChI is InChI=1S/C24H21BrFN3O4S/c1-3-32-23(31)21-14(2)27-24-29(10-11-34-24)22(21)18-12-15(25)4-9-19(18)33-13-20(30)28-17-7-5-16(26)6-8-17/h4-12,22H,3,13H2,1-2H3,(H,28,30)/t22-/m0/s1. The number of esters is 1. The fourth-order valence-electron chi connectivity index (χ4n) is 3.61. The monoisotopic (exact) mass is 545 g/mol. The van der Waals surface area contributed by atoms with Crippen LogP contribution in [0.5, 0.6) is 5.75 Å². The summed E-state index contributed by atoms with van der Waals surface area (Å²) in [5.41, 5.74) is 2.09. The molecule has 1 N–H and O–H groups in total. The fourth-order valence-corrected chi connectivity index (χ4v) is 4.78. The van der Waals surface area contributed by atoms with Crippen molar-refractivity contribution >= 4 is 50.4 Å². The van der Waals surface area contributed by atoms with Crippen LogP contribution in [0.1, 0.15) is 25.5 Å². The van der Waals surface area contributed by atoms with E-state index in [1.165, 1.54) is 36.0 Å². The van der Waals surface area contributed by atoms with Crippen molar-refractivity contribution in [3.8, 4) is 5.75 Å². The van der Waals surface area contributed by atoms with E-state index < -0.39 is 17.9 Å². The van der Waals surface area contributed by atoms with Crippen LogP contribution in [0.3, 0.4) is 0 Å². The molecule has 1 amide bonds. The van der Waals surface area contributed by atoms with Gasteiger partial charge >= 0.3 is 5.97 Å². The van der Waals surface area contributed by atoms with Gasteiger partial charge in [0.15, 0.2) is 11.8 Å². The lowest BCUT2D eigenvalue weighted by Crippen LogP contribution is -2.34. The average molecular weight is 546 g/mol. The number of allylic oxidation sites excluding steroid dienone is 1. The lowest BCUT2D eigenvalue weighted by molar-refractivity contribution is -0.139. The molecule has 0 spiro atoms. The van der Waals surface area contributed by atoms with E-state index in [0.29, 0.717) is 28.3 Å². The normalized spacial score (nSPS) is 16.8. The van der Waals surface area contributed by atoms with E-state index in [1.54, 1.807) is 26.0 Å². The third kappa shape index (κ3) is 5.18. The lowest BCUT2D eigenvalue weighted by Gasteiger charge is -2.34. The number of carbonyl (C=O) groups excluding carboxylic acids is 2. The Hall–Kier alpha value is -3.11. The summed E-state index contributed by atoms with van der Waals surface area (Å²) in [5.74, 6) is -0.818. The third-order valence-corrected chi connectivity index (χ3v) is 6.33. The number of aliphatic imine (C=N–C) groups is 1. The Balaban J connectivity index is 1.63. The maximum Gasteiger partial charge on any atom is 0.338 e. The number of ether oxygens (including phenoxy) is 2. The molecular formula is C24H21BrFN3O4S. The number of amides is 1. The number of nitrogens with one attached hydrogen (secondary N) is 1. The van der Waals surface area contributed by atoms with E-state index in [1.807, 2.05) is 22.6 Å². The second-order valence-electron chi connectivity index (χ2n) is 7.35. The Labute approximate surface area is 208 Å². The van der Waals surface area contributed by atoms with Gasteiger partial charge in [0.2, 0.25) is 0 Å². The molecule has 2 aromatic rings. The van der Waals surface area contributed by atoms with E-state index in [4.69, 9.17) is 9.47 Å². The fraction of sp³-hybridized carbons (Fsp3) is 0.208.